The van der Waals surface area contributed by atoms with E-state index >= 15 is 0 Å². The molecular formula is C16H17NO2. The van der Waals surface area contributed by atoms with Gasteiger partial charge in [0.05, 0.1) is 11.3 Å². The maximum atomic E-state index is 11.6. The van der Waals surface area contributed by atoms with E-state index < -0.39 is 5.97 Å². The molecule has 0 aliphatic heterocycles. The maximum absolute atomic E-state index is 11.6. The minimum atomic E-state index is -0.559. The molecule has 1 aromatic rings. The Balaban J connectivity index is 2.61. The van der Waals surface area contributed by atoms with Gasteiger partial charge in [-0.25, -0.2) is 4.79 Å². The van der Waals surface area contributed by atoms with Crippen LogP contribution in [0.1, 0.15) is 19.4 Å². The summed E-state index contributed by atoms with van der Waals surface area (Å²) in [4.78, 5) is 16.4. The predicted molar refractivity (Wildman–Crippen MR) is 77.8 cm³/mol. The van der Waals surface area contributed by atoms with Crippen LogP contribution in [0.25, 0.3) is 0 Å². The van der Waals surface area contributed by atoms with E-state index in [1.807, 2.05) is 43.3 Å². The molecule has 98 valence electrons. The molecule has 0 atom stereocenters. The smallest absolute Gasteiger partial charge is 0.313 e. The molecule has 0 radical (unpaired) electrons. The Morgan fingerprint density at radius 1 is 1.26 bits per heavy atom. The molecule has 19 heavy (non-hydrogen) atoms. The Morgan fingerprint density at radius 3 is 2.58 bits per heavy atom. The van der Waals surface area contributed by atoms with Gasteiger partial charge in [-0.15, -0.1) is 0 Å². The summed E-state index contributed by atoms with van der Waals surface area (Å²) in [5, 5.41) is 3.80. The van der Waals surface area contributed by atoms with Gasteiger partial charge in [0.15, 0.2) is 0 Å². The van der Waals surface area contributed by atoms with Crippen LogP contribution in [0.5, 0.6) is 0 Å². The van der Waals surface area contributed by atoms with Crippen LogP contribution in [-0.2, 0) is 9.63 Å². The van der Waals surface area contributed by atoms with Gasteiger partial charge in [-0.05, 0) is 25.5 Å². The highest BCUT2D eigenvalue weighted by Gasteiger charge is 2.05. The van der Waals surface area contributed by atoms with Crippen LogP contribution >= 0.6 is 0 Å². The van der Waals surface area contributed by atoms with Crippen molar-refractivity contribution in [3.8, 4) is 0 Å². The van der Waals surface area contributed by atoms with Crippen molar-refractivity contribution >= 4 is 11.7 Å². The number of benzene rings is 1. The second kappa shape index (κ2) is 7.82. The van der Waals surface area contributed by atoms with E-state index in [-0.39, 0.29) is 5.57 Å². The van der Waals surface area contributed by atoms with Gasteiger partial charge >= 0.3 is 5.97 Å². The molecule has 0 saturated carbocycles. The highest BCUT2D eigenvalue weighted by molar-refractivity contribution is 5.99. The third-order valence-electron chi connectivity index (χ3n) is 2.32. The van der Waals surface area contributed by atoms with Gasteiger partial charge < -0.3 is 4.84 Å². The quantitative estimate of drug-likeness (QED) is 0.265. The van der Waals surface area contributed by atoms with Crippen molar-refractivity contribution in [2.45, 2.75) is 13.8 Å². The predicted octanol–water partition coefficient (Wildman–Crippen LogP) is 3.64. The fraction of sp³-hybridized carbons (Fsp3) is 0.125. The van der Waals surface area contributed by atoms with Crippen LogP contribution in [-0.4, -0.2) is 11.7 Å². The first-order valence-corrected chi connectivity index (χ1v) is 5.94. The lowest BCUT2D eigenvalue weighted by atomic mass is 10.1. The highest BCUT2D eigenvalue weighted by atomic mass is 16.7. The lowest BCUT2D eigenvalue weighted by Crippen LogP contribution is -2.04. The van der Waals surface area contributed by atoms with Crippen LogP contribution in [0.2, 0.25) is 0 Å². The highest BCUT2D eigenvalue weighted by Crippen LogP contribution is 2.03. The zero-order chi connectivity index (χ0) is 14.1. The second-order valence-electron chi connectivity index (χ2n) is 3.83. The minimum absolute atomic E-state index is 0.253. The molecule has 0 N–H and O–H groups in total. The van der Waals surface area contributed by atoms with Crippen LogP contribution in [0.4, 0.5) is 0 Å². The third kappa shape index (κ3) is 5.17. The van der Waals surface area contributed by atoms with E-state index in [1.165, 1.54) is 0 Å². The summed E-state index contributed by atoms with van der Waals surface area (Å²) in [5.41, 5.74) is 1.80. The number of hydrogen-bond donors (Lipinski definition) is 0. The first kappa shape index (κ1) is 14.6. The summed E-state index contributed by atoms with van der Waals surface area (Å²) < 4.78 is 0. The monoisotopic (exact) mass is 255 g/mol. The van der Waals surface area contributed by atoms with Crippen molar-refractivity contribution in [1.82, 2.24) is 0 Å². The summed E-state index contributed by atoms with van der Waals surface area (Å²) in [6.07, 6.45) is 6.96. The fourth-order valence-electron chi connectivity index (χ4n) is 1.25. The SMILES string of the molecule is C=C(/C=C\C=C/C)C(=O)O/N=C(\C)c1ccccc1. The Hall–Kier alpha value is -2.42. The van der Waals surface area contributed by atoms with Crippen molar-refractivity contribution < 1.29 is 9.63 Å². The zero-order valence-corrected chi connectivity index (χ0v) is 11.2. The Bertz CT molecular complexity index is 525. The summed E-state index contributed by atoms with van der Waals surface area (Å²) in [5.74, 6) is -0.559. The molecular weight excluding hydrogens is 238 g/mol. The van der Waals surface area contributed by atoms with Crippen LogP contribution < -0.4 is 0 Å². The second-order valence-corrected chi connectivity index (χ2v) is 3.83. The van der Waals surface area contributed by atoms with Gasteiger partial charge in [-0.1, -0.05) is 60.3 Å². The number of allylic oxidation sites excluding steroid dienone is 3. The molecule has 0 unspecified atom stereocenters. The number of nitrogens with zero attached hydrogens (tertiary/aromatic N) is 1. The molecule has 0 fully saturated rings. The van der Waals surface area contributed by atoms with E-state index in [9.17, 15) is 4.79 Å². The summed E-state index contributed by atoms with van der Waals surface area (Å²) >= 11 is 0. The molecule has 0 aliphatic carbocycles. The molecule has 0 saturated heterocycles. The molecule has 3 heteroatoms. The van der Waals surface area contributed by atoms with Crippen molar-refractivity contribution in [3.63, 3.8) is 0 Å². The van der Waals surface area contributed by atoms with Gasteiger partial charge in [-0.2, -0.15) is 0 Å². The molecule has 0 heterocycles. The Labute approximate surface area is 113 Å². The van der Waals surface area contributed by atoms with Crippen molar-refractivity contribution in [2.75, 3.05) is 0 Å². The molecule has 0 aliphatic rings. The van der Waals surface area contributed by atoms with E-state index in [4.69, 9.17) is 4.84 Å². The number of oxime groups is 1. The third-order valence-corrected chi connectivity index (χ3v) is 2.32. The average Bonchev–Trinajstić information content (AvgIpc) is 2.45. The Kier molecular flexibility index (Phi) is 6.03. The normalized spacial score (nSPS) is 12.0. The molecule has 0 spiro atoms. The maximum Gasteiger partial charge on any atom is 0.365 e. The largest absolute Gasteiger partial charge is 0.365 e. The van der Waals surface area contributed by atoms with Gasteiger partial charge in [0.2, 0.25) is 0 Å². The first-order chi connectivity index (χ1) is 9.15. The molecule has 3 nitrogen and oxygen atoms in total. The molecule has 1 aromatic carbocycles. The fourth-order valence-corrected chi connectivity index (χ4v) is 1.25. The van der Waals surface area contributed by atoms with Gasteiger partial charge in [0.1, 0.15) is 0 Å². The molecule has 1 rings (SSSR count). The summed E-state index contributed by atoms with van der Waals surface area (Å²) in [7, 11) is 0. The minimum Gasteiger partial charge on any atom is -0.313 e. The van der Waals surface area contributed by atoms with Gasteiger partial charge in [0.25, 0.3) is 0 Å². The van der Waals surface area contributed by atoms with Crippen LogP contribution in [0, 0.1) is 0 Å². The van der Waals surface area contributed by atoms with Crippen molar-refractivity contribution in [3.05, 3.63) is 72.4 Å². The number of hydrogen-bond acceptors (Lipinski definition) is 3. The van der Waals surface area contributed by atoms with E-state index in [2.05, 4.69) is 11.7 Å². The van der Waals surface area contributed by atoms with Crippen LogP contribution in [0.15, 0.2) is 71.9 Å². The zero-order valence-electron chi connectivity index (χ0n) is 11.2. The first-order valence-electron chi connectivity index (χ1n) is 5.94. The standard InChI is InChI=1S/C16H17NO2/c1-4-5-7-10-13(2)16(18)19-17-14(3)15-11-8-6-9-12-15/h4-12H,2H2,1,3H3/b5-4-,10-7-,17-14+. The van der Waals surface area contributed by atoms with Crippen molar-refractivity contribution in [1.29, 1.82) is 0 Å². The van der Waals surface area contributed by atoms with E-state index in [0.717, 1.165) is 5.56 Å². The van der Waals surface area contributed by atoms with Gasteiger partial charge in [0, 0.05) is 0 Å². The number of carbonyl (C=O) groups excluding carboxylic acids is 1. The molecule has 0 bridgehead atoms. The number of carbonyl (C=O) groups is 1. The summed E-state index contributed by atoms with van der Waals surface area (Å²) in [6.45, 7) is 7.28. The van der Waals surface area contributed by atoms with E-state index in [0.29, 0.717) is 5.71 Å². The topological polar surface area (TPSA) is 38.7 Å². The summed E-state index contributed by atoms with van der Waals surface area (Å²) in [6, 6.07) is 9.50. The Morgan fingerprint density at radius 2 is 1.95 bits per heavy atom. The van der Waals surface area contributed by atoms with E-state index in [1.54, 1.807) is 25.2 Å². The lowest BCUT2D eigenvalue weighted by molar-refractivity contribution is -0.138. The van der Waals surface area contributed by atoms with Crippen LogP contribution in [0.3, 0.4) is 0 Å². The van der Waals surface area contributed by atoms with Crippen molar-refractivity contribution in [2.24, 2.45) is 5.16 Å². The number of rotatable bonds is 5. The van der Waals surface area contributed by atoms with Gasteiger partial charge in [-0.3, -0.25) is 0 Å². The molecule has 0 aromatic heterocycles. The lowest BCUT2D eigenvalue weighted by Gasteiger charge is -2.00. The molecule has 0 amide bonds. The average molecular weight is 255 g/mol.